The molecule has 1 N–H and O–H groups in total. The molecule has 5 rings (SSSR count). The van der Waals surface area contributed by atoms with Crippen LogP contribution in [-0.2, 0) is 6.54 Å². The number of hydrogen-bond acceptors (Lipinski definition) is 6. The molecule has 7 heteroatoms. The number of nitrogens with one attached hydrogen (secondary N) is 1. The van der Waals surface area contributed by atoms with Gasteiger partial charge < -0.3 is 0 Å². The van der Waals surface area contributed by atoms with Gasteiger partial charge >= 0.3 is 0 Å². The third-order valence-electron chi connectivity index (χ3n) is 5.92. The summed E-state index contributed by atoms with van der Waals surface area (Å²) in [5.74, 6) is 0.621. The number of carbonyl (C=O) groups is 1. The zero-order valence-electron chi connectivity index (χ0n) is 18.0. The molecule has 0 aliphatic carbocycles. The molecule has 0 spiro atoms. The predicted molar refractivity (Wildman–Crippen MR) is 129 cm³/mol. The molecule has 6 nitrogen and oxygen atoms in total. The van der Waals surface area contributed by atoms with Gasteiger partial charge in [-0.1, -0.05) is 31.2 Å². The topological polar surface area (TPSA) is 71.0 Å². The first-order valence-corrected chi connectivity index (χ1v) is 11.8. The molecule has 1 aliphatic heterocycles. The Hall–Kier alpha value is -3.16. The van der Waals surface area contributed by atoms with Gasteiger partial charge in [-0.2, -0.15) is 0 Å². The molecule has 1 aliphatic rings. The molecule has 1 saturated heterocycles. The number of anilines is 1. The van der Waals surface area contributed by atoms with Crippen LogP contribution in [0, 0.1) is 5.92 Å². The molecule has 4 heterocycles. The Balaban J connectivity index is 1.38. The van der Waals surface area contributed by atoms with Crippen LogP contribution in [-0.4, -0.2) is 38.8 Å². The van der Waals surface area contributed by atoms with Crippen LogP contribution in [0.3, 0.4) is 0 Å². The average Bonchev–Trinajstić information content (AvgIpc) is 3.27. The minimum absolute atomic E-state index is 0.187. The smallest absolute Gasteiger partial charge is 0.258 e. The number of carbonyl (C=O) groups excluding carboxylic acids is 1. The number of para-hydroxylation sites is 1. The van der Waals surface area contributed by atoms with E-state index in [1.807, 2.05) is 53.9 Å². The van der Waals surface area contributed by atoms with Crippen LogP contribution < -0.4 is 5.32 Å². The van der Waals surface area contributed by atoms with Gasteiger partial charge in [-0.25, -0.2) is 9.97 Å². The number of thiazole rings is 1. The summed E-state index contributed by atoms with van der Waals surface area (Å²) in [6.07, 6.45) is 4.20. The highest BCUT2D eigenvalue weighted by Crippen LogP contribution is 2.26. The zero-order chi connectivity index (χ0) is 21.9. The van der Waals surface area contributed by atoms with Crippen molar-refractivity contribution in [1.82, 2.24) is 19.9 Å². The molecule has 0 saturated carbocycles. The largest absolute Gasteiger partial charge is 0.298 e. The molecule has 0 atom stereocenters. The lowest BCUT2D eigenvalue weighted by Gasteiger charge is -2.29. The Morgan fingerprint density at radius 1 is 1.09 bits per heavy atom. The number of aromatic nitrogens is 3. The first-order chi connectivity index (χ1) is 15.7. The Labute approximate surface area is 191 Å². The number of pyridine rings is 2. The van der Waals surface area contributed by atoms with Gasteiger partial charge in [0.1, 0.15) is 0 Å². The van der Waals surface area contributed by atoms with E-state index in [0.29, 0.717) is 16.4 Å². The van der Waals surface area contributed by atoms with E-state index >= 15 is 0 Å². The second kappa shape index (κ2) is 9.14. The van der Waals surface area contributed by atoms with E-state index in [0.717, 1.165) is 47.8 Å². The van der Waals surface area contributed by atoms with Gasteiger partial charge in [0.05, 0.1) is 28.2 Å². The maximum Gasteiger partial charge on any atom is 0.258 e. The highest BCUT2D eigenvalue weighted by atomic mass is 32.1. The van der Waals surface area contributed by atoms with Crippen molar-refractivity contribution in [2.45, 2.75) is 26.3 Å². The van der Waals surface area contributed by atoms with Crippen molar-refractivity contribution in [3.8, 4) is 11.4 Å². The summed E-state index contributed by atoms with van der Waals surface area (Å²) in [5.41, 5.74) is 3.75. The fraction of sp³-hybridized carbons (Fsp3) is 0.280. The monoisotopic (exact) mass is 443 g/mol. The summed E-state index contributed by atoms with van der Waals surface area (Å²) >= 11 is 1.47. The van der Waals surface area contributed by atoms with Crippen molar-refractivity contribution in [1.29, 1.82) is 0 Å². The van der Waals surface area contributed by atoms with Gasteiger partial charge in [0.15, 0.2) is 5.13 Å². The summed E-state index contributed by atoms with van der Waals surface area (Å²) in [4.78, 5) is 29.5. The first-order valence-electron chi connectivity index (χ1n) is 10.9. The van der Waals surface area contributed by atoms with Crippen LogP contribution in [0.5, 0.6) is 0 Å². The van der Waals surface area contributed by atoms with E-state index < -0.39 is 0 Å². The number of rotatable bonds is 5. The molecular weight excluding hydrogens is 418 g/mol. The van der Waals surface area contributed by atoms with E-state index in [9.17, 15) is 4.79 Å². The van der Waals surface area contributed by atoms with Crippen molar-refractivity contribution in [2.24, 2.45) is 5.92 Å². The van der Waals surface area contributed by atoms with Gasteiger partial charge in [0, 0.05) is 23.5 Å². The van der Waals surface area contributed by atoms with Crippen LogP contribution in [0.25, 0.3) is 22.3 Å². The van der Waals surface area contributed by atoms with Crippen molar-refractivity contribution in [3.05, 3.63) is 71.4 Å². The minimum Gasteiger partial charge on any atom is -0.298 e. The van der Waals surface area contributed by atoms with Gasteiger partial charge in [-0.05, 0) is 56.1 Å². The molecule has 1 amide bonds. The van der Waals surface area contributed by atoms with E-state index in [4.69, 9.17) is 4.98 Å². The van der Waals surface area contributed by atoms with Gasteiger partial charge in [0.2, 0.25) is 0 Å². The summed E-state index contributed by atoms with van der Waals surface area (Å²) in [6, 6.07) is 15.2. The quantitative estimate of drug-likeness (QED) is 0.457. The lowest BCUT2D eigenvalue weighted by atomic mass is 9.99. The summed E-state index contributed by atoms with van der Waals surface area (Å²) in [7, 11) is 0. The standard InChI is InChI=1S/C25H25N5OS/c1-17-9-12-30(13-10-17)15-18-16-32-25(27-18)29-24(31)20-14-23(22-8-4-5-11-26-22)28-21-7-3-2-6-19(20)21/h2-8,11,14,16-17H,9-10,12-13,15H2,1H3,(H,27,29,31). The molecule has 0 unspecified atom stereocenters. The van der Waals surface area contributed by atoms with Crippen LogP contribution in [0.4, 0.5) is 5.13 Å². The maximum absolute atomic E-state index is 13.2. The number of hydrogen-bond donors (Lipinski definition) is 1. The lowest BCUT2D eigenvalue weighted by Crippen LogP contribution is -2.32. The van der Waals surface area contributed by atoms with E-state index in [1.165, 1.54) is 24.2 Å². The minimum atomic E-state index is -0.187. The average molecular weight is 444 g/mol. The Bertz CT molecular complexity index is 1230. The number of likely N-dealkylation sites (tertiary alicyclic amines) is 1. The Morgan fingerprint density at radius 3 is 2.72 bits per heavy atom. The van der Waals surface area contributed by atoms with Crippen molar-refractivity contribution >= 4 is 33.3 Å². The molecule has 0 radical (unpaired) electrons. The molecule has 4 aromatic rings. The second-order valence-corrected chi connectivity index (χ2v) is 9.20. The van der Waals surface area contributed by atoms with E-state index in [-0.39, 0.29) is 5.91 Å². The van der Waals surface area contributed by atoms with Crippen molar-refractivity contribution < 1.29 is 4.79 Å². The molecule has 0 bridgehead atoms. The molecular formula is C25H25N5OS. The molecule has 162 valence electrons. The molecule has 3 aromatic heterocycles. The number of fused-ring (bicyclic) bond motifs is 1. The summed E-state index contributed by atoms with van der Waals surface area (Å²) in [5, 5.41) is 6.46. The van der Waals surface area contributed by atoms with Crippen LogP contribution in [0.15, 0.2) is 60.1 Å². The number of piperidine rings is 1. The molecule has 1 fully saturated rings. The van der Waals surface area contributed by atoms with Crippen molar-refractivity contribution in [2.75, 3.05) is 18.4 Å². The third-order valence-corrected chi connectivity index (χ3v) is 6.73. The zero-order valence-corrected chi connectivity index (χ0v) is 18.8. The third kappa shape index (κ3) is 4.54. The molecule has 32 heavy (non-hydrogen) atoms. The van der Waals surface area contributed by atoms with Crippen LogP contribution in [0.2, 0.25) is 0 Å². The van der Waals surface area contributed by atoms with Gasteiger partial charge in [-0.3, -0.25) is 20.0 Å². The highest BCUT2D eigenvalue weighted by Gasteiger charge is 2.18. The van der Waals surface area contributed by atoms with E-state index in [2.05, 4.69) is 27.1 Å². The number of amides is 1. The van der Waals surface area contributed by atoms with Gasteiger partial charge in [0.25, 0.3) is 5.91 Å². The predicted octanol–water partition coefficient (Wildman–Crippen LogP) is 5.24. The summed E-state index contributed by atoms with van der Waals surface area (Å²) < 4.78 is 0. The van der Waals surface area contributed by atoms with Crippen molar-refractivity contribution in [3.63, 3.8) is 0 Å². The first kappa shape index (κ1) is 20.7. The van der Waals surface area contributed by atoms with Gasteiger partial charge in [-0.15, -0.1) is 11.3 Å². The highest BCUT2D eigenvalue weighted by molar-refractivity contribution is 7.14. The number of nitrogens with zero attached hydrogens (tertiary/aromatic N) is 4. The van der Waals surface area contributed by atoms with Crippen LogP contribution >= 0.6 is 11.3 Å². The maximum atomic E-state index is 13.2. The SMILES string of the molecule is CC1CCN(Cc2csc(NC(=O)c3cc(-c4ccccn4)nc4ccccc34)n2)CC1. The normalized spacial score (nSPS) is 15.2. The fourth-order valence-electron chi connectivity index (χ4n) is 4.06. The summed E-state index contributed by atoms with van der Waals surface area (Å²) in [6.45, 7) is 5.37. The Morgan fingerprint density at radius 2 is 1.91 bits per heavy atom. The second-order valence-electron chi connectivity index (χ2n) is 8.34. The fourth-order valence-corrected chi connectivity index (χ4v) is 4.76. The van der Waals surface area contributed by atoms with E-state index in [1.54, 1.807) is 6.20 Å². The molecule has 1 aromatic carbocycles. The van der Waals surface area contributed by atoms with Crippen LogP contribution in [0.1, 0.15) is 35.8 Å². The Kier molecular flexibility index (Phi) is 5.92. The number of benzene rings is 1. The lowest BCUT2D eigenvalue weighted by molar-refractivity contribution is 0.102.